The SMILES string of the molecule is O=CNc1cc(O)c(Cl)c([N+](=O)[O-])c1. The molecule has 7 heteroatoms. The highest BCUT2D eigenvalue weighted by Gasteiger charge is 2.17. The number of nitro groups is 1. The Hall–Kier alpha value is -1.82. The molecule has 0 unspecified atom stereocenters. The summed E-state index contributed by atoms with van der Waals surface area (Å²) in [5.74, 6) is -0.454. The number of carbonyl (C=O) groups is 1. The van der Waals surface area contributed by atoms with Crippen LogP contribution < -0.4 is 5.32 Å². The van der Waals surface area contributed by atoms with Crippen molar-refractivity contribution in [2.24, 2.45) is 0 Å². The van der Waals surface area contributed by atoms with Crippen LogP contribution in [0.4, 0.5) is 11.4 Å². The first-order chi connectivity index (χ1) is 6.56. The summed E-state index contributed by atoms with van der Waals surface area (Å²) in [4.78, 5) is 19.7. The van der Waals surface area contributed by atoms with E-state index >= 15 is 0 Å². The maximum atomic E-state index is 10.4. The van der Waals surface area contributed by atoms with Gasteiger partial charge in [0.05, 0.1) is 10.6 Å². The number of hydrogen-bond donors (Lipinski definition) is 2. The van der Waals surface area contributed by atoms with Gasteiger partial charge in [0, 0.05) is 12.1 Å². The van der Waals surface area contributed by atoms with E-state index < -0.39 is 16.4 Å². The van der Waals surface area contributed by atoms with Crippen molar-refractivity contribution in [3.05, 3.63) is 27.3 Å². The van der Waals surface area contributed by atoms with Gasteiger partial charge in [-0.1, -0.05) is 11.6 Å². The van der Waals surface area contributed by atoms with Crippen LogP contribution in [0.1, 0.15) is 0 Å². The fourth-order valence-electron chi connectivity index (χ4n) is 0.878. The molecule has 74 valence electrons. The fourth-order valence-corrected chi connectivity index (χ4v) is 1.06. The summed E-state index contributed by atoms with van der Waals surface area (Å²) in [7, 11) is 0. The predicted octanol–water partition coefficient (Wildman–Crippen LogP) is 1.52. The van der Waals surface area contributed by atoms with E-state index in [1.54, 1.807) is 0 Å². The van der Waals surface area contributed by atoms with Crippen LogP contribution >= 0.6 is 11.6 Å². The summed E-state index contributed by atoms with van der Waals surface area (Å²) in [6, 6.07) is 2.17. The predicted molar refractivity (Wildman–Crippen MR) is 49.5 cm³/mol. The molecule has 1 aromatic rings. The number of benzene rings is 1. The second kappa shape index (κ2) is 3.93. The molecular weight excluding hydrogens is 212 g/mol. The molecule has 0 fully saturated rings. The molecule has 14 heavy (non-hydrogen) atoms. The summed E-state index contributed by atoms with van der Waals surface area (Å²) in [5.41, 5.74) is -0.357. The first kappa shape index (κ1) is 10.3. The zero-order valence-electron chi connectivity index (χ0n) is 6.73. The number of nitrogens with one attached hydrogen (secondary N) is 1. The highest BCUT2D eigenvalue weighted by atomic mass is 35.5. The standard InChI is InChI=1S/C7H5ClN2O4/c8-7-5(10(13)14)1-4(9-3-11)2-6(7)12/h1-3,12H,(H,9,11). The minimum atomic E-state index is -0.752. The van der Waals surface area contributed by atoms with Gasteiger partial charge in [0.1, 0.15) is 5.75 Å². The van der Waals surface area contributed by atoms with Crippen molar-refractivity contribution in [2.45, 2.75) is 0 Å². The van der Waals surface area contributed by atoms with E-state index in [-0.39, 0.29) is 10.7 Å². The van der Waals surface area contributed by atoms with Gasteiger partial charge in [0.25, 0.3) is 5.69 Å². The monoisotopic (exact) mass is 216 g/mol. The Morgan fingerprint density at radius 2 is 2.21 bits per heavy atom. The van der Waals surface area contributed by atoms with Gasteiger partial charge < -0.3 is 10.4 Å². The largest absolute Gasteiger partial charge is 0.506 e. The minimum Gasteiger partial charge on any atom is -0.506 e. The highest BCUT2D eigenvalue weighted by Crippen LogP contribution is 2.35. The molecule has 6 nitrogen and oxygen atoms in total. The molecule has 0 atom stereocenters. The van der Waals surface area contributed by atoms with Crippen LogP contribution in [0.3, 0.4) is 0 Å². The zero-order valence-corrected chi connectivity index (χ0v) is 7.49. The Labute approximate surface area is 83.3 Å². The lowest BCUT2D eigenvalue weighted by molar-refractivity contribution is -0.384. The second-order valence-electron chi connectivity index (χ2n) is 2.35. The number of amides is 1. The van der Waals surface area contributed by atoms with Crippen molar-refractivity contribution in [3.63, 3.8) is 0 Å². The molecule has 0 heterocycles. The molecule has 0 aliphatic carbocycles. The molecule has 1 aromatic carbocycles. The number of phenolic OH excluding ortho intramolecular Hbond substituents is 1. The van der Waals surface area contributed by atoms with Crippen LogP contribution in [0.15, 0.2) is 12.1 Å². The molecule has 0 spiro atoms. The lowest BCUT2D eigenvalue weighted by atomic mass is 10.2. The van der Waals surface area contributed by atoms with E-state index in [2.05, 4.69) is 5.32 Å². The quantitative estimate of drug-likeness (QED) is 0.455. The first-order valence-electron chi connectivity index (χ1n) is 3.43. The maximum Gasteiger partial charge on any atom is 0.293 e. The van der Waals surface area contributed by atoms with Crippen LogP contribution in [0, 0.1) is 10.1 Å². The molecule has 0 aromatic heterocycles. The number of hydrogen-bond acceptors (Lipinski definition) is 4. The van der Waals surface area contributed by atoms with Gasteiger partial charge in [-0.25, -0.2) is 0 Å². The van der Waals surface area contributed by atoms with E-state index in [0.717, 1.165) is 12.1 Å². The zero-order chi connectivity index (χ0) is 10.7. The molecule has 1 rings (SSSR count). The average molecular weight is 217 g/mol. The van der Waals surface area contributed by atoms with Gasteiger partial charge in [0.2, 0.25) is 6.41 Å². The van der Waals surface area contributed by atoms with Gasteiger partial charge in [0.15, 0.2) is 5.02 Å². The van der Waals surface area contributed by atoms with Gasteiger partial charge >= 0.3 is 0 Å². The Morgan fingerprint density at radius 3 is 2.71 bits per heavy atom. The molecule has 0 saturated carbocycles. The molecule has 0 aliphatic heterocycles. The van der Waals surface area contributed by atoms with Crippen molar-refractivity contribution in [2.75, 3.05) is 5.32 Å². The Kier molecular flexibility index (Phi) is 2.88. The Balaban J connectivity index is 3.27. The summed E-state index contributed by atoms with van der Waals surface area (Å²) >= 11 is 5.45. The number of aromatic hydroxyl groups is 1. The maximum absolute atomic E-state index is 10.4. The minimum absolute atomic E-state index is 0.105. The lowest BCUT2D eigenvalue weighted by Crippen LogP contribution is -1.96. The van der Waals surface area contributed by atoms with Gasteiger partial charge in [-0.05, 0) is 0 Å². The van der Waals surface area contributed by atoms with Crippen LogP contribution in [-0.4, -0.2) is 16.4 Å². The number of phenols is 1. The number of nitro benzene ring substituents is 1. The van der Waals surface area contributed by atoms with Gasteiger partial charge in [-0.15, -0.1) is 0 Å². The Morgan fingerprint density at radius 1 is 1.57 bits per heavy atom. The molecule has 0 radical (unpaired) electrons. The highest BCUT2D eigenvalue weighted by molar-refractivity contribution is 6.34. The number of rotatable bonds is 3. The summed E-state index contributed by atoms with van der Waals surface area (Å²) in [6.07, 6.45) is 0.340. The third kappa shape index (κ3) is 1.91. The molecule has 0 saturated heterocycles. The summed E-state index contributed by atoms with van der Waals surface area (Å²) in [6.45, 7) is 0. The fraction of sp³-hybridized carbons (Fsp3) is 0. The number of nitrogens with zero attached hydrogens (tertiary/aromatic N) is 1. The van der Waals surface area contributed by atoms with Crippen molar-refractivity contribution in [1.29, 1.82) is 0 Å². The van der Waals surface area contributed by atoms with Gasteiger partial charge in [-0.3, -0.25) is 14.9 Å². The molecule has 1 amide bonds. The van der Waals surface area contributed by atoms with Crippen molar-refractivity contribution < 1.29 is 14.8 Å². The first-order valence-corrected chi connectivity index (χ1v) is 3.81. The van der Waals surface area contributed by atoms with Crippen LogP contribution in [0.5, 0.6) is 5.75 Å². The number of anilines is 1. The van der Waals surface area contributed by atoms with Crippen molar-refractivity contribution in [3.8, 4) is 5.75 Å². The van der Waals surface area contributed by atoms with Gasteiger partial charge in [-0.2, -0.15) is 0 Å². The summed E-state index contributed by atoms with van der Waals surface area (Å²) < 4.78 is 0. The topological polar surface area (TPSA) is 92.5 Å². The van der Waals surface area contributed by atoms with Crippen LogP contribution in [0.2, 0.25) is 5.02 Å². The molecule has 0 aliphatic rings. The normalized spacial score (nSPS) is 9.50. The summed E-state index contributed by atoms with van der Waals surface area (Å²) in [5, 5.41) is 21.4. The molecule has 2 N–H and O–H groups in total. The van der Waals surface area contributed by atoms with E-state index in [4.69, 9.17) is 16.7 Å². The van der Waals surface area contributed by atoms with Crippen molar-refractivity contribution in [1.82, 2.24) is 0 Å². The third-order valence-electron chi connectivity index (χ3n) is 1.46. The number of carbonyl (C=O) groups excluding carboxylic acids is 1. The smallest absolute Gasteiger partial charge is 0.293 e. The van der Waals surface area contributed by atoms with Crippen LogP contribution in [0.25, 0.3) is 0 Å². The van der Waals surface area contributed by atoms with E-state index in [1.165, 1.54) is 0 Å². The molecule has 0 bridgehead atoms. The van der Waals surface area contributed by atoms with Crippen molar-refractivity contribution >= 4 is 29.4 Å². The van der Waals surface area contributed by atoms with E-state index in [9.17, 15) is 14.9 Å². The average Bonchev–Trinajstić information content (AvgIpc) is 2.11. The van der Waals surface area contributed by atoms with Crippen LogP contribution in [-0.2, 0) is 4.79 Å². The van der Waals surface area contributed by atoms with E-state index in [1.807, 2.05) is 0 Å². The van der Waals surface area contributed by atoms with E-state index in [0.29, 0.717) is 6.41 Å². The third-order valence-corrected chi connectivity index (χ3v) is 1.84. The second-order valence-corrected chi connectivity index (χ2v) is 2.73. The number of halogens is 1. The Bertz CT molecular complexity index is 394. The molecular formula is C7H5ClN2O4. The lowest BCUT2D eigenvalue weighted by Gasteiger charge is -2.02.